The molecule has 1 aromatic rings. The van der Waals surface area contributed by atoms with Gasteiger partial charge in [0.1, 0.15) is 5.82 Å². The third kappa shape index (κ3) is 4.87. The lowest BCUT2D eigenvalue weighted by Gasteiger charge is -2.24. The number of carbonyl (C=O) groups is 1. The Morgan fingerprint density at radius 3 is 2.79 bits per heavy atom. The Balaban J connectivity index is 2.62. The molecule has 0 heterocycles. The third-order valence-corrected chi connectivity index (χ3v) is 2.97. The Bertz CT molecular complexity index is 447. The normalized spacial score (nSPS) is 11.4. The van der Waals surface area contributed by atoms with Crippen molar-refractivity contribution in [2.75, 3.05) is 18.9 Å². The van der Waals surface area contributed by atoms with Crippen molar-refractivity contribution < 1.29 is 14.3 Å². The highest BCUT2D eigenvalue weighted by Crippen LogP contribution is 2.21. The highest BCUT2D eigenvalue weighted by Gasteiger charge is 2.20. The van der Waals surface area contributed by atoms with Crippen molar-refractivity contribution in [2.45, 2.75) is 26.7 Å². The second kappa shape index (κ2) is 6.52. The van der Waals surface area contributed by atoms with Gasteiger partial charge < -0.3 is 16.2 Å². The monoisotopic (exact) mass is 268 g/mol. The van der Waals surface area contributed by atoms with Gasteiger partial charge >= 0.3 is 0 Å². The van der Waals surface area contributed by atoms with E-state index in [0.717, 1.165) is 6.42 Å². The van der Waals surface area contributed by atoms with Crippen LogP contribution >= 0.6 is 0 Å². The van der Waals surface area contributed by atoms with E-state index in [1.807, 2.05) is 13.8 Å². The average molecular weight is 268 g/mol. The van der Waals surface area contributed by atoms with Crippen molar-refractivity contribution in [3.8, 4) is 0 Å². The first kappa shape index (κ1) is 15.4. The number of carbonyl (C=O) groups excluding carboxylic acids is 1. The molecule has 0 saturated carbocycles. The van der Waals surface area contributed by atoms with Gasteiger partial charge in [-0.15, -0.1) is 0 Å². The number of anilines is 1. The van der Waals surface area contributed by atoms with Gasteiger partial charge in [-0.05, 0) is 36.5 Å². The van der Waals surface area contributed by atoms with Gasteiger partial charge in [-0.1, -0.05) is 13.8 Å². The van der Waals surface area contributed by atoms with Crippen LogP contribution in [0.15, 0.2) is 18.2 Å². The number of rotatable bonds is 6. The van der Waals surface area contributed by atoms with Crippen molar-refractivity contribution in [3.05, 3.63) is 29.6 Å². The minimum atomic E-state index is -0.583. The van der Waals surface area contributed by atoms with Gasteiger partial charge in [0.2, 0.25) is 0 Å². The topological polar surface area (TPSA) is 75.3 Å². The van der Waals surface area contributed by atoms with E-state index < -0.39 is 11.7 Å². The molecule has 0 fully saturated rings. The second-order valence-corrected chi connectivity index (χ2v) is 5.41. The Hall–Kier alpha value is -1.62. The first-order chi connectivity index (χ1) is 8.85. The van der Waals surface area contributed by atoms with Crippen LogP contribution in [0.2, 0.25) is 0 Å². The first-order valence-electron chi connectivity index (χ1n) is 6.30. The van der Waals surface area contributed by atoms with Crippen LogP contribution in [0, 0.1) is 11.2 Å². The number of benzene rings is 1. The molecule has 1 aromatic carbocycles. The molecule has 0 bridgehead atoms. The molecule has 0 aliphatic heterocycles. The number of nitrogens with two attached hydrogens (primary N) is 1. The van der Waals surface area contributed by atoms with Gasteiger partial charge in [0.25, 0.3) is 5.91 Å². The zero-order valence-corrected chi connectivity index (χ0v) is 11.4. The van der Waals surface area contributed by atoms with Crippen LogP contribution < -0.4 is 11.1 Å². The lowest BCUT2D eigenvalue weighted by atomic mass is 9.88. The first-order valence-corrected chi connectivity index (χ1v) is 6.30. The quantitative estimate of drug-likeness (QED) is 0.690. The predicted molar refractivity (Wildman–Crippen MR) is 73.2 cm³/mol. The maximum absolute atomic E-state index is 13.5. The Kier molecular flexibility index (Phi) is 5.30. The Labute approximate surface area is 112 Å². The molecule has 0 aromatic heterocycles. The number of halogens is 1. The van der Waals surface area contributed by atoms with Gasteiger partial charge in [-0.3, -0.25) is 4.79 Å². The van der Waals surface area contributed by atoms with E-state index in [-0.39, 0.29) is 17.6 Å². The maximum atomic E-state index is 13.5. The van der Waals surface area contributed by atoms with E-state index in [2.05, 4.69) is 5.32 Å². The molecular formula is C14H21FN2O2. The molecule has 0 atom stereocenters. The number of hydrogen-bond acceptors (Lipinski definition) is 3. The molecule has 1 amide bonds. The summed E-state index contributed by atoms with van der Waals surface area (Å²) in [6, 6.07) is 3.92. The number of amides is 1. The van der Waals surface area contributed by atoms with Gasteiger partial charge in [0, 0.05) is 18.8 Å². The summed E-state index contributed by atoms with van der Waals surface area (Å²) in [6.07, 6.45) is 1.46. The van der Waals surface area contributed by atoms with E-state index >= 15 is 0 Å². The summed E-state index contributed by atoms with van der Waals surface area (Å²) >= 11 is 0. The molecule has 0 saturated heterocycles. The molecule has 106 valence electrons. The van der Waals surface area contributed by atoms with Gasteiger partial charge in [-0.2, -0.15) is 0 Å². The van der Waals surface area contributed by atoms with Gasteiger partial charge in [0.15, 0.2) is 0 Å². The molecule has 0 aliphatic rings. The minimum absolute atomic E-state index is 0.0436. The van der Waals surface area contributed by atoms with Crippen molar-refractivity contribution >= 4 is 11.6 Å². The summed E-state index contributed by atoms with van der Waals surface area (Å²) in [5.41, 5.74) is 5.70. The summed E-state index contributed by atoms with van der Waals surface area (Å²) in [5.74, 6) is -1.05. The molecule has 4 N–H and O–H groups in total. The molecule has 0 radical (unpaired) electrons. The molecular weight excluding hydrogens is 247 g/mol. The average Bonchev–Trinajstić information content (AvgIpc) is 2.36. The van der Waals surface area contributed by atoms with Crippen molar-refractivity contribution in [3.63, 3.8) is 0 Å². The van der Waals surface area contributed by atoms with E-state index in [0.29, 0.717) is 18.7 Å². The van der Waals surface area contributed by atoms with Crippen LogP contribution in [-0.4, -0.2) is 24.2 Å². The summed E-state index contributed by atoms with van der Waals surface area (Å²) in [5, 5.41) is 11.5. The summed E-state index contributed by atoms with van der Waals surface area (Å²) in [7, 11) is 0. The number of nitrogen functional groups attached to an aromatic ring is 1. The molecule has 19 heavy (non-hydrogen) atoms. The van der Waals surface area contributed by atoms with E-state index in [9.17, 15) is 9.18 Å². The summed E-state index contributed by atoms with van der Waals surface area (Å²) in [4.78, 5) is 11.9. The molecule has 0 spiro atoms. The van der Waals surface area contributed by atoms with E-state index in [1.165, 1.54) is 18.2 Å². The predicted octanol–water partition coefficient (Wildman–Crippen LogP) is 1.94. The summed E-state index contributed by atoms with van der Waals surface area (Å²) < 4.78 is 13.5. The highest BCUT2D eigenvalue weighted by atomic mass is 19.1. The largest absolute Gasteiger partial charge is 0.399 e. The van der Waals surface area contributed by atoms with Crippen molar-refractivity contribution in [1.29, 1.82) is 0 Å². The molecule has 1 rings (SSSR count). The highest BCUT2D eigenvalue weighted by molar-refractivity contribution is 5.95. The minimum Gasteiger partial charge on any atom is -0.399 e. The SMILES string of the molecule is CC(C)(CCCO)CNC(=O)c1cc(N)ccc1F. The van der Waals surface area contributed by atoms with Crippen molar-refractivity contribution in [1.82, 2.24) is 5.32 Å². The zero-order valence-electron chi connectivity index (χ0n) is 11.4. The standard InChI is InChI=1S/C14H21FN2O2/c1-14(2,6-3-7-18)9-17-13(19)11-8-10(16)4-5-12(11)15/h4-5,8,18H,3,6-7,9,16H2,1-2H3,(H,17,19). The fourth-order valence-corrected chi connectivity index (χ4v) is 1.78. The fourth-order valence-electron chi connectivity index (χ4n) is 1.78. The zero-order chi connectivity index (χ0) is 14.5. The number of aliphatic hydroxyl groups is 1. The van der Waals surface area contributed by atoms with Crippen LogP contribution in [0.3, 0.4) is 0 Å². The lowest BCUT2D eigenvalue weighted by molar-refractivity contribution is 0.0929. The van der Waals surface area contributed by atoms with E-state index in [1.54, 1.807) is 0 Å². The van der Waals surface area contributed by atoms with Crippen molar-refractivity contribution in [2.24, 2.45) is 5.41 Å². The Morgan fingerprint density at radius 1 is 1.47 bits per heavy atom. The maximum Gasteiger partial charge on any atom is 0.254 e. The van der Waals surface area contributed by atoms with Crippen LogP contribution in [0.25, 0.3) is 0 Å². The van der Waals surface area contributed by atoms with Crippen LogP contribution in [-0.2, 0) is 0 Å². The van der Waals surface area contributed by atoms with Crippen LogP contribution in [0.1, 0.15) is 37.0 Å². The lowest BCUT2D eigenvalue weighted by Crippen LogP contribution is -2.34. The molecule has 5 heteroatoms. The van der Waals surface area contributed by atoms with E-state index in [4.69, 9.17) is 10.8 Å². The van der Waals surface area contributed by atoms with Gasteiger partial charge in [0.05, 0.1) is 5.56 Å². The second-order valence-electron chi connectivity index (χ2n) is 5.41. The molecule has 0 aliphatic carbocycles. The summed E-state index contributed by atoms with van der Waals surface area (Å²) in [6.45, 7) is 4.51. The molecule has 4 nitrogen and oxygen atoms in total. The number of hydrogen-bond donors (Lipinski definition) is 3. The van der Waals surface area contributed by atoms with Gasteiger partial charge in [-0.25, -0.2) is 4.39 Å². The fraction of sp³-hybridized carbons (Fsp3) is 0.500. The van der Waals surface area contributed by atoms with Crippen LogP contribution in [0.4, 0.5) is 10.1 Å². The number of nitrogens with one attached hydrogen (secondary N) is 1. The number of aliphatic hydroxyl groups excluding tert-OH is 1. The smallest absolute Gasteiger partial charge is 0.254 e. The Morgan fingerprint density at radius 2 is 2.16 bits per heavy atom. The molecule has 0 unspecified atom stereocenters. The van der Waals surface area contributed by atoms with Crippen LogP contribution in [0.5, 0.6) is 0 Å². The third-order valence-electron chi connectivity index (χ3n) is 2.97.